The summed E-state index contributed by atoms with van der Waals surface area (Å²) in [4.78, 5) is 21.8. The molecule has 6 heteroatoms. The summed E-state index contributed by atoms with van der Waals surface area (Å²) in [5, 5.41) is 3.95. The van der Waals surface area contributed by atoms with Gasteiger partial charge in [-0.2, -0.15) is 0 Å². The highest BCUT2D eigenvalue weighted by Crippen LogP contribution is 2.33. The van der Waals surface area contributed by atoms with Crippen molar-refractivity contribution in [3.8, 4) is 0 Å². The van der Waals surface area contributed by atoms with Gasteiger partial charge >= 0.3 is 0 Å². The van der Waals surface area contributed by atoms with Crippen LogP contribution in [0.5, 0.6) is 0 Å². The fraction of sp³-hybridized carbons (Fsp3) is 0.500. The molecule has 0 bridgehead atoms. The Hall–Kier alpha value is -2.08. The number of nitrogens with one attached hydrogen (secondary N) is 2. The smallest absolute Gasteiger partial charge is 0.226 e. The number of aromatic nitrogens is 2. The summed E-state index contributed by atoms with van der Waals surface area (Å²) >= 11 is 0. The predicted molar refractivity (Wildman–Crippen MR) is 89.0 cm³/mol. The monoisotopic (exact) mass is 301 g/mol. The summed E-state index contributed by atoms with van der Waals surface area (Å²) in [5.74, 6) is -0.0560. The van der Waals surface area contributed by atoms with E-state index in [0.29, 0.717) is 0 Å². The number of hydrogen-bond donors (Lipinski definition) is 3. The normalized spacial score (nSPS) is 18.9. The van der Waals surface area contributed by atoms with E-state index in [-0.39, 0.29) is 17.9 Å². The Kier molecular flexibility index (Phi) is 4.02. The molecule has 0 aliphatic carbocycles. The molecule has 1 aliphatic heterocycles. The van der Waals surface area contributed by atoms with Crippen molar-refractivity contribution in [1.29, 1.82) is 0 Å². The first-order valence-corrected chi connectivity index (χ1v) is 7.83. The molecule has 6 nitrogen and oxygen atoms in total. The first-order valence-electron chi connectivity index (χ1n) is 7.83. The van der Waals surface area contributed by atoms with Crippen LogP contribution in [0.3, 0.4) is 0 Å². The molecule has 1 aliphatic rings. The van der Waals surface area contributed by atoms with Crippen molar-refractivity contribution in [1.82, 2.24) is 9.97 Å². The van der Waals surface area contributed by atoms with E-state index in [1.54, 1.807) is 6.20 Å². The molecule has 0 aromatic carbocycles. The second kappa shape index (κ2) is 5.96. The second-order valence-corrected chi connectivity index (χ2v) is 6.25. The van der Waals surface area contributed by atoms with Crippen LogP contribution in [0, 0.1) is 5.92 Å². The van der Waals surface area contributed by atoms with Crippen molar-refractivity contribution in [3.63, 3.8) is 0 Å². The minimum Gasteiger partial charge on any atom is -0.369 e. The number of carbonyl (C=O) groups is 1. The van der Waals surface area contributed by atoms with Gasteiger partial charge in [0.05, 0.1) is 16.8 Å². The lowest BCUT2D eigenvalue weighted by molar-refractivity contribution is -0.118. The van der Waals surface area contributed by atoms with Crippen molar-refractivity contribution in [2.45, 2.75) is 32.7 Å². The molecule has 22 heavy (non-hydrogen) atoms. The van der Waals surface area contributed by atoms with E-state index in [1.807, 2.05) is 26.1 Å². The van der Waals surface area contributed by atoms with Gasteiger partial charge in [0.25, 0.3) is 0 Å². The van der Waals surface area contributed by atoms with Gasteiger partial charge < -0.3 is 20.9 Å². The van der Waals surface area contributed by atoms with Gasteiger partial charge in [-0.25, -0.2) is 4.98 Å². The summed E-state index contributed by atoms with van der Waals surface area (Å²) in [6.45, 7) is 5.58. The van der Waals surface area contributed by atoms with Crippen molar-refractivity contribution >= 4 is 28.3 Å². The maximum atomic E-state index is 12.0. The Morgan fingerprint density at radius 2 is 2.36 bits per heavy atom. The number of nitrogens with two attached hydrogens (primary N) is 1. The first-order chi connectivity index (χ1) is 10.6. The maximum absolute atomic E-state index is 12.0. The Morgan fingerprint density at radius 3 is 3.09 bits per heavy atom. The molecular formula is C16H23N5O. The van der Waals surface area contributed by atoms with Crippen molar-refractivity contribution in [3.05, 3.63) is 18.5 Å². The molecule has 1 saturated heterocycles. The van der Waals surface area contributed by atoms with Gasteiger partial charge in [0.15, 0.2) is 0 Å². The summed E-state index contributed by atoms with van der Waals surface area (Å²) in [5.41, 5.74) is 8.76. The molecule has 1 amide bonds. The van der Waals surface area contributed by atoms with Crippen LogP contribution in [0.4, 0.5) is 11.4 Å². The number of aromatic amines is 1. The van der Waals surface area contributed by atoms with Gasteiger partial charge in [0.1, 0.15) is 5.65 Å². The van der Waals surface area contributed by atoms with Gasteiger partial charge in [-0.15, -0.1) is 0 Å². The molecule has 0 radical (unpaired) electrons. The van der Waals surface area contributed by atoms with Gasteiger partial charge in [-0.05, 0) is 18.9 Å². The molecule has 0 spiro atoms. The molecule has 3 heterocycles. The standard InChI is InChI=1S/C16H23N5O/c1-10(2)16(22)20-12-8-19-15-14(12)13(5-6-18-15)21-7-3-4-11(17)9-21/h5-6,8,10-11H,3-4,7,9,17H2,1-2H3,(H,18,19)(H,20,22). The quantitative estimate of drug-likeness (QED) is 0.810. The highest BCUT2D eigenvalue weighted by atomic mass is 16.1. The number of anilines is 2. The average molecular weight is 301 g/mol. The summed E-state index contributed by atoms with van der Waals surface area (Å²) in [6, 6.07) is 2.20. The number of rotatable bonds is 3. The Bertz CT molecular complexity index is 678. The summed E-state index contributed by atoms with van der Waals surface area (Å²) < 4.78 is 0. The molecule has 2 aromatic heterocycles. The lowest BCUT2D eigenvalue weighted by Crippen LogP contribution is -2.42. The molecule has 4 N–H and O–H groups in total. The van der Waals surface area contributed by atoms with E-state index in [4.69, 9.17) is 5.73 Å². The van der Waals surface area contributed by atoms with Gasteiger partial charge in [0, 0.05) is 37.4 Å². The van der Waals surface area contributed by atoms with E-state index in [0.717, 1.165) is 48.3 Å². The number of piperidine rings is 1. The molecular weight excluding hydrogens is 278 g/mol. The average Bonchev–Trinajstić information content (AvgIpc) is 2.90. The molecule has 118 valence electrons. The number of H-pyrrole nitrogens is 1. The lowest BCUT2D eigenvalue weighted by Gasteiger charge is -2.33. The molecule has 1 fully saturated rings. The zero-order chi connectivity index (χ0) is 15.7. The van der Waals surface area contributed by atoms with Crippen molar-refractivity contribution < 1.29 is 4.79 Å². The molecule has 1 atom stereocenters. The number of amides is 1. The highest BCUT2D eigenvalue weighted by molar-refractivity contribution is 6.06. The third-order valence-corrected chi connectivity index (χ3v) is 4.13. The number of fused-ring (bicyclic) bond motifs is 1. The minimum absolute atomic E-state index is 0.00560. The Balaban J connectivity index is 1.99. The fourth-order valence-electron chi connectivity index (χ4n) is 2.91. The number of hydrogen-bond acceptors (Lipinski definition) is 4. The third-order valence-electron chi connectivity index (χ3n) is 4.13. The van der Waals surface area contributed by atoms with Gasteiger partial charge in [-0.3, -0.25) is 4.79 Å². The SMILES string of the molecule is CC(C)C(=O)Nc1c[nH]c2nccc(N3CCCC(N)C3)c12. The largest absolute Gasteiger partial charge is 0.369 e. The zero-order valence-corrected chi connectivity index (χ0v) is 13.1. The molecule has 1 unspecified atom stereocenters. The lowest BCUT2D eigenvalue weighted by atomic mass is 10.1. The fourth-order valence-corrected chi connectivity index (χ4v) is 2.91. The van der Waals surface area contributed by atoms with E-state index < -0.39 is 0 Å². The molecule has 3 rings (SSSR count). The molecule has 2 aromatic rings. The predicted octanol–water partition coefficient (Wildman–Crippen LogP) is 2.08. The van der Waals surface area contributed by atoms with E-state index in [9.17, 15) is 4.79 Å². The maximum Gasteiger partial charge on any atom is 0.226 e. The van der Waals surface area contributed by atoms with E-state index >= 15 is 0 Å². The van der Waals surface area contributed by atoms with Crippen LogP contribution in [0.15, 0.2) is 18.5 Å². The highest BCUT2D eigenvalue weighted by Gasteiger charge is 2.21. The van der Waals surface area contributed by atoms with Crippen LogP contribution in [0.2, 0.25) is 0 Å². The summed E-state index contributed by atoms with van der Waals surface area (Å²) in [6.07, 6.45) is 5.76. The topological polar surface area (TPSA) is 87.0 Å². The van der Waals surface area contributed by atoms with E-state index in [2.05, 4.69) is 20.2 Å². The minimum atomic E-state index is -0.0616. The van der Waals surface area contributed by atoms with Crippen LogP contribution < -0.4 is 16.0 Å². The first kappa shape index (κ1) is 14.8. The van der Waals surface area contributed by atoms with Crippen LogP contribution in [0.25, 0.3) is 11.0 Å². The Labute approximate surface area is 130 Å². The Morgan fingerprint density at radius 1 is 1.55 bits per heavy atom. The van der Waals surface area contributed by atoms with Gasteiger partial charge in [0.2, 0.25) is 5.91 Å². The number of nitrogens with zero attached hydrogens (tertiary/aromatic N) is 2. The number of pyridine rings is 1. The second-order valence-electron chi connectivity index (χ2n) is 6.25. The summed E-state index contributed by atoms with van der Waals surface area (Å²) in [7, 11) is 0. The van der Waals surface area contributed by atoms with Crippen LogP contribution in [-0.4, -0.2) is 35.0 Å². The van der Waals surface area contributed by atoms with Crippen LogP contribution in [0.1, 0.15) is 26.7 Å². The third kappa shape index (κ3) is 2.78. The van der Waals surface area contributed by atoms with Crippen molar-refractivity contribution in [2.75, 3.05) is 23.3 Å². The van der Waals surface area contributed by atoms with Crippen LogP contribution in [-0.2, 0) is 4.79 Å². The van der Waals surface area contributed by atoms with Crippen LogP contribution >= 0.6 is 0 Å². The van der Waals surface area contributed by atoms with E-state index in [1.165, 1.54) is 0 Å². The zero-order valence-electron chi connectivity index (χ0n) is 13.1. The number of carbonyl (C=O) groups excluding carboxylic acids is 1. The van der Waals surface area contributed by atoms with Crippen molar-refractivity contribution in [2.24, 2.45) is 11.7 Å². The molecule has 0 saturated carbocycles. The van der Waals surface area contributed by atoms with Gasteiger partial charge in [-0.1, -0.05) is 13.8 Å².